The van der Waals surface area contributed by atoms with Crippen molar-refractivity contribution in [2.45, 2.75) is 39.2 Å². The number of methoxy groups -OCH3 is 1. The van der Waals surface area contributed by atoms with Crippen LogP contribution in [0.1, 0.15) is 38.1 Å². The van der Waals surface area contributed by atoms with Gasteiger partial charge in [-0.15, -0.1) is 23.1 Å². The van der Waals surface area contributed by atoms with E-state index in [2.05, 4.69) is 41.2 Å². The number of thiazole rings is 1. The molecular weight excluding hydrogens is 813 g/mol. The van der Waals surface area contributed by atoms with Crippen LogP contribution in [0.3, 0.4) is 0 Å². The van der Waals surface area contributed by atoms with Gasteiger partial charge in [-0.05, 0) is 44.4 Å². The molecule has 1 aromatic heterocycles. The summed E-state index contributed by atoms with van der Waals surface area (Å²) in [7, 11) is 1.60. The number of aromatic nitrogens is 1. The highest BCUT2D eigenvalue weighted by atomic mass is 32.2. The Labute approximate surface area is 352 Å². The van der Waals surface area contributed by atoms with Gasteiger partial charge in [-0.25, -0.2) is 4.98 Å². The number of ether oxygens (including phenoxy) is 4. The van der Waals surface area contributed by atoms with Crippen molar-refractivity contribution in [2.24, 2.45) is 37.9 Å². The highest BCUT2D eigenvalue weighted by molar-refractivity contribution is 8.15. The normalized spacial score (nSPS) is 11.7. The summed E-state index contributed by atoms with van der Waals surface area (Å²) < 4.78 is 21.6. The number of carbonyl (C=O) groups excluding carboxylic acids is 4. The Balaban J connectivity index is 0.00000102. The predicted molar refractivity (Wildman–Crippen MR) is 231 cm³/mol. The van der Waals surface area contributed by atoms with Crippen molar-refractivity contribution in [3.8, 4) is 0 Å². The molecule has 0 saturated heterocycles. The van der Waals surface area contributed by atoms with Crippen LogP contribution in [0.25, 0.3) is 10.2 Å². The third-order valence-electron chi connectivity index (χ3n) is 6.70. The van der Waals surface area contributed by atoms with Gasteiger partial charge in [0.05, 0.1) is 62.9 Å². The molecule has 4 amide bonds. The molecule has 2 heterocycles. The van der Waals surface area contributed by atoms with Crippen LogP contribution in [-0.4, -0.2) is 156 Å². The maximum atomic E-state index is 11.8. The number of amides is 4. The molecule has 0 aliphatic carbocycles. The molecule has 1 unspecified atom stereocenters. The summed E-state index contributed by atoms with van der Waals surface area (Å²) in [6.07, 6.45) is 3.09. The second-order valence-electron chi connectivity index (χ2n) is 11.7. The second-order valence-corrected chi connectivity index (χ2v) is 13.8. The number of guanidine groups is 2. The molecule has 2 aromatic rings. The van der Waals surface area contributed by atoms with Crippen LogP contribution in [-0.2, 0) is 42.9 Å². The average Bonchev–Trinajstić information content (AvgIpc) is 3.90. The number of thioether (sulfide) groups is 1. The standard InChI is InChI=1S/C19H38N6O7.C11H9N3OS2.C4H11N3.CH2O2/c1-15(4-3-5-22-19(20)21)25-17(27)13-23-16(26)12-24-18(28)14-32-11-10-31-9-8-30-7-6-29-2;15-6-13-7-1-2-8-9(5-7)17-11(14-8)10-12-3-4-16-10;1-2-3-7-4(5)6;2-1-3/h15H,3-14H2,1-2H3,(H,23,26)(H,24,28)(H,25,27)(H4,20,21,22);1-2,5-6H,3-4H2,(H,13,15);2-3H2,1H3,(H4,5,6,7);1H,(H,2,3). The third-order valence-corrected chi connectivity index (χ3v) is 8.84. The van der Waals surface area contributed by atoms with Crippen molar-refractivity contribution in [2.75, 3.05) is 97.2 Å². The minimum Gasteiger partial charge on any atom is -0.483 e. The van der Waals surface area contributed by atoms with Crippen molar-refractivity contribution in [3.63, 3.8) is 0 Å². The third kappa shape index (κ3) is 30.6. The summed E-state index contributed by atoms with van der Waals surface area (Å²) in [5.41, 5.74) is 22.2. The Morgan fingerprint density at radius 2 is 1.53 bits per heavy atom. The topological polar surface area (TPSA) is 345 Å². The fourth-order valence-electron chi connectivity index (χ4n) is 4.10. The highest BCUT2D eigenvalue weighted by Gasteiger charge is 2.15. The van der Waals surface area contributed by atoms with E-state index in [0.717, 1.165) is 57.6 Å². The van der Waals surface area contributed by atoms with Crippen molar-refractivity contribution in [3.05, 3.63) is 23.2 Å². The van der Waals surface area contributed by atoms with Crippen LogP contribution in [0.15, 0.2) is 33.2 Å². The summed E-state index contributed by atoms with van der Waals surface area (Å²) >= 11 is 3.37. The molecule has 1 atom stereocenters. The number of hydrogen-bond donors (Lipinski definition) is 9. The molecular formula is C35H60N12O10S2. The van der Waals surface area contributed by atoms with E-state index < -0.39 is 11.8 Å². The van der Waals surface area contributed by atoms with Gasteiger partial charge in [0.25, 0.3) is 6.47 Å². The molecule has 59 heavy (non-hydrogen) atoms. The summed E-state index contributed by atoms with van der Waals surface area (Å²) in [6.45, 7) is 7.57. The summed E-state index contributed by atoms with van der Waals surface area (Å²) in [5.74, 6) is 0.0111. The van der Waals surface area contributed by atoms with Gasteiger partial charge in [0.15, 0.2) is 11.9 Å². The van der Waals surface area contributed by atoms with Crippen LogP contribution >= 0.6 is 23.1 Å². The van der Waals surface area contributed by atoms with Crippen LogP contribution in [0.5, 0.6) is 0 Å². The molecule has 0 radical (unpaired) electrons. The highest BCUT2D eigenvalue weighted by Crippen LogP contribution is 2.29. The fourth-order valence-corrected chi connectivity index (χ4v) is 6.04. The molecule has 1 aliphatic heterocycles. The molecule has 0 fully saturated rings. The Morgan fingerprint density at radius 1 is 0.915 bits per heavy atom. The number of rotatable bonds is 25. The minimum atomic E-state index is -0.481. The van der Waals surface area contributed by atoms with E-state index in [1.54, 1.807) is 30.2 Å². The first-order valence-corrected chi connectivity index (χ1v) is 20.2. The van der Waals surface area contributed by atoms with Crippen LogP contribution < -0.4 is 44.2 Å². The maximum absolute atomic E-state index is 11.8. The van der Waals surface area contributed by atoms with E-state index in [1.165, 1.54) is 0 Å². The smallest absolute Gasteiger partial charge is 0.290 e. The minimum absolute atomic E-state index is 0.0349. The Kier molecular flexibility index (Phi) is 32.8. The molecule has 24 heteroatoms. The lowest BCUT2D eigenvalue weighted by Gasteiger charge is -2.14. The number of fused-ring (bicyclic) bond motifs is 1. The maximum Gasteiger partial charge on any atom is 0.290 e. The summed E-state index contributed by atoms with van der Waals surface area (Å²) in [4.78, 5) is 70.5. The summed E-state index contributed by atoms with van der Waals surface area (Å²) in [6, 6.07) is 5.62. The zero-order valence-corrected chi connectivity index (χ0v) is 35.4. The largest absolute Gasteiger partial charge is 0.483 e. The molecule has 332 valence electrons. The van der Waals surface area contributed by atoms with Gasteiger partial charge < -0.3 is 68.3 Å². The first kappa shape index (κ1) is 53.9. The number of benzene rings is 1. The number of carbonyl (C=O) groups is 5. The van der Waals surface area contributed by atoms with Gasteiger partial charge in [-0.3, -0.25) is 38.9 Å². The van der Waals surface area contributed by atoms with Gasteiger partial charge in [-0.2, -0.15) is 0 Å². The van der Waals surface area contributed by atoms with Crippen LogP contribution in [0.4, 0.5) is 5.69 Å². The summed E-state index contributed by atoms with van der Waals surface area (Å²) in [5, 5.41) is 19.1. The van der Waals surface area contributed by atoms with Crippen LogP contribution in [0.2, 0.25) is 0 Å². The molecule has 3 rings (SSSR count). The first-order chi connectivity index (χ1) is 28.4. The lowest BCUT2D eigenvalue weighted by molar-refractivity contribution is -0.130. The van der Waals surface area contributed by atoms with Crippen molar-refractivity contribution < 1.29 is 48.0 Å². The van der Waals surface area contributed by atoms with Gasteiger partial charge in [0.2, 0.25) is 24.1 Å². The number of nitrogens with one attached hydrogen (secondary N) is 4. The van der Waals surface area contributed by atoms with Crippen molar-refractivity contribution in [1.29, 1.82) is 0 Å². The van der Waals surface area contributed by atoms with E-state index in [1.807, 2.05) is 32.0 Å². The monoisotopic (exact) mass is 872 g/mol. The first-order valence-electron chi connectivity index (χ1n) is 18.4. The second kappa shape index (κ2) is 36.0. The molecule has 0 spiro atoms. The van der Waals surface area contributed by atoms with E-state index >= 15 is 0 Å². The molecule has 1 aromatic carbocycles. The van der Waals surface area contributed by atoms with E-state index in [0.29, 0.717) is 52.4 Å². The number of aliphatic imine (C=N–C) groups is 3. The Morgan fingerprint density at radius 3 is 2.10 bits per heavy atom. The number of hydrogen-bond acceptors (Lipinski definition) is 15. The lowest BCUT2D eigenvalue weighted by atomic mass is 10.2. The quantitative estimate of drug-likeness (QED) is 0.0255. The number of nitrogens with two attached hydrogens (primary N) is 4. The predicted octanol–water partition coefficient (Wildman–Crippen LogP) is -0.798. The zero-order chi connectivity index (χ0) is 44.1. The molecule has 0 saturated carbocycles. The van der Waals surface area contributed by atoms with E-state index in [9.17, 15) is 19.2 Å². The number of nitrogens with zero attached hydrogens (tertiary/aromatic N) is 4. The van der Waals surface area contributed by atoms with Crippen molar-refractivity contribution >= 4 is 86.6 Å². The average molecular weight is 873 g/mol. The zero-order valence-electron chi connectivity index (χ0n) is 33.8. The Bertz CT molecular complexity index is 1590. The van der Waals surface area contributed by atoms with E-state index in [4.69, 9.17) is 51.8 Å². The van der Waals surface area contributed by atoms with Gasteiger partial charge in [-0.1, -0.05) is 6.92 Å². The van der Waals surface area contributed by atoms with Crippen molar-refractivity contribution in [1.82, 2.24) is 20.9 Å². The number of carboxylic acid groups (broad SMARTS) is 1. The molecule has 13 N–H and O–H groups in total. The van der Waals surface area contributed by atoms with Gasteiger partial charge in [0.1, 0.15) is 16.7 Å². The van der Waals surface area contributed by atoms with E-state index in [-0.39, 0.29) is 56.6 Å². The molecule has 0 bridgehead atoms. The molecule has 22 nitrogen and oxygen atoms in total. The lowest BCUT2D eigenvalue weighted by Crippen LogP contribution is -2.44. The van der Waals surface area contributed by atoms with Gasteiger partial charge in [0, 0.05) is 44.2 Å². The SMILES string of the molecule is CCCN=C(N)N.COCCOCCOCCOCC(=O)NCC(=O)NCC(=O)NC(C)CCCN=C(N)N.O=CNc1ccc2nc(C3=NCCS3)sc2c1.O=CO. The van der Waals surface area contributed by atoms with Gasteiger partial charge >= 0.3 is 0 Å². The molecule has 1 aliphatic rings. The fraction of sp³-hybridized carbons (Fsp3) is 0.571. The van der Waals surface area contributed by atoms with Crippen LogP contribution in [0, 0.1) is 0 Å². The number of anilines is 1. The Hall–Kier alpha value is -5.14.